The molecule has 2 amide bonds. The van der Waals surface area contributed by atoms with Crippen LogP contribution in [0.15, 0.2) is 36.7 Å². The molecule has 1 aliphatic rings. The lowest BCUT2D eigenvalue weighted by molar-refractivity contribution is -0.121. The molecule has 23 heavy (non-hydrogen) atoms. The monoisotopic (exact) mass is 315 g/mol. The topological polar surface area (TPSA) is 71.1 Å². The molecule has 5 heteroatoms. The second-order valence-electron chi connectivity index (χ2n) is 5.94. The smallest absolute Gasteiger partial charge is 0.243 e. The number of pyridine rings is 1. The Morgan fingerprint density at radius 3 is 2.78 bits per heavy atom. The van der Waals surface area contributed by atoms with Crippen LogP contribution in [0.5, 0.6) is 0 Å². The van der Waals surface area contributed by atoms with Crippen LogP contribution in [0, 0.1) is 5.92 Å². The van der Waals surface area contributed by atoms with E-state index in [4.69, 9.17) is 0 Å². The van der Waals surface area contributed by atoms with Crippen LogP contribution in [0.3, 0.4) is 0 Å². The number of nitrogens with one attached hydrogen (secondary N) is 2. The average molecular weight is 315 g/mol. The van der Waals surface area contributed by atoms with Gasteiger partial charge in [-0.15, -0.1) is 0 Å². The van der Waals surface area contributed by atoms with Crippen LogP contribution in [0.1, 0.15) is 44.1 Å². The highest BCUT2D eigenvalue weighted by atomic mass is 16.2. The van der Waals surface area contributed by atoms with Crippen LogP contribution in [-0.4, -0.2) is 23.3 Å². The van der Waals surface area contributed by atoms with Crippen molar-refractivity contribution in [1.29, 1.82) is 0 Å². The Hall–Kier alpha value is -2.17. The summed E-state index contributed by atoms with van der Waals surface area (Å²) in [4.78, 5) is 27.4. The first kappa shape index (κ1) is 17.2. The quantitative estimate of drug-likeness (QED) is 0.759. The number of aromatic nitrogens is 1. The maximum atomic E-state index is 11.7. The first-order valence-corrected chi connectivity index (χ1v) is 8.35. The summed E-state index contributed by atoms with van der Waals surface area (Å²) in [7, 11) is 0. The van der Waals surface area contributed by atoms with Crippen molar-refractivity contribution >= 4 is 11.8 Å². The van der Waals surface area contributed by atoms with E-state index in [0.29, 0.717) is 19.0 Å². The number of carbonyl (C=O) groups excluding carboxylic acids is 2. The molecule has 2 N–H and O–H groups in total. The van der Waals surface area contributed by atoms with Gasteiger partial charge >= 0.3 is 0 Å². The van der Waals surface area contributed by atoms with E-state index in [1.807, 2.05) is 18.2 Å². The molecular formula is C18H25N3O2. The summed E-state index contributed by atoms with van der Waals surface area (Å²) in [6.45, 7) is 0.814. The van der Waals surface area contributed by atoms with Gasteiger partial charge in [-0.05, 0) is 36.5 Å². The van der Waals surface area contributed by atoms with E-state index in [1.165, 1.54) is 32.1 Å². The van der Waals surface area contributed by atoms with Gasteiger partial charge in [0, 0.05) is 31.9 Å². The van der Waals surface area contributed by atoms with Gasteiger partial charge in [0.2, 0.25) is 11.8 Å². The molecule has 0 saturated heterocycles. The van der Waals surface area contributed by atoms with Crippen molar-refractivity contribution in [3.05, 3.63) is 42.2 Å². The molecule has 5 nitrogen and oxygen atoms in total. The maximum Gasteiger partial charge on any atom is 0.243 e. The normalized spacial score (nSPS) is 15.5. The lowest BCUT2D eigenvalue weighted by Crippen LogP contribution is -2.29. The number of amides is 2. The molecule has 0 radical (unpaired) electrons. The van der Waals surface area contributed by atoms with Gasteiger partial charge in [0.25, 0.3) is 0 Å². The van der Waals surface area contributed by atoms with Crippen molar-refractivity contribution in [3.8, 4) is 0 Å². The van der Waals surface area contributed by atoms with Crippen molar-refractivity contribution in [1.82, 2.24) is 15.6 Å². The Morgan fingerprint density at radius 2 is 2.04 bits per heavy atom. The van der Waals surface area contributed by atoms with E-state index in [1.54, 1.807) is 18.5 Å². The molecular weight excluding hydrogens is 290 g/mol. The highest BCUT2D eigenvalue weighted by Crippen LogP contribution is 2.24. The number of nitrogens with zero attached hydrogens (tertiary/aromatic N) is 1. The summed E-state index contributed by atoms with van der Waals surface area (Å²) in [5.74, 6) is 0.346. The van der Waals surface area contributed by atoms with Gasteiger partial charge in [-0.25, -0.2) is 0 Å². The molecule has 1 saturated carbocycles. The molecule has 1 heterocycles. The van der Waals surface area contributed by atoms with E-state index in [-0.39, 0.29) is 18.2 Å². The lowest BCUT2D eigenvalue weighted by Gasteiger charge is -2.17. The van der Waals surface area contributed by atoms with E-state index in [9.17, 15) is 9.59 Å². The molecule has 2 rings (SSSR count). The molecule has 0 spiro atoms. The lowest BCUT2D eigenvalue weighted by atomic mass is 9.89. The third-order valence-corrected chi connectivity index (χ3v) is 4.03. The number of allylic oxidation sites excluding steroid dienone is 1. The molecule has 0 unspecified atom stereocenters. The van der Waals surface area contributed by atoms with Gasteiger partial charge in [0.05, 0.1) is 0 Å². The summed E-state index contributed by atoms with van der Waals surface area (Å²) in [5.41, 5.74) is 0.959. The molecule has 0 aromatic carbocycles. The van der Waals surface area contributed by atoms with Crippen molar-refractivity contribution in [2.45, 2.75) is 45.1 Å². The van der Waals surface area contributed by atoms with E-state index in [0.717, 1.165) is 5.56 Å². The van der Waals surface area contributed by atoms with E-state index in [2.05, 4.69) is 15.6 Å². The molecule has 124 valence electrons. The summed E-state index contributed by atoms with van der Waals surface area (Å²) >= 11 is 0. The Kier molecular flexibility index (Phi) is 7.30. The van der Waals surface area contributed by atoms with Crippen LogP contribution in [0.2, 0.25) is 0 Å². The summed E-state index contributed by atoms with van der Waals surface area (Å²) in [6, 6.07) is 3.74. The van der Waals surface area contributed by atoms with E-state index < -0.39 is 0 Å². The van der Waals surface area contributed by atoms with Crippen LogP contribution < -0.4 is 10.6 Å². The molecule has 0 atom stereocenters. The summed E-state index contributed by atoms with van der Waals surface area (Å²) in [5, 5.41) is 5.56. The minimum absolute atomic E-state index is 0.0783. The predicted molar refractivity (Wildman–Crippen MR) is 89.4 cm³/mol. The second-order valence-corrected chi connectivity index (χ2v) is 5.94. The average Bonchev–Trinajstić information content (AvgIpc) is 2.60. The zero-order valence-corrected chi connectivity index (χ0v) is 13.5. The molecule has 1 aliphatic carbocycles. The van der Waals surface area contributed by atoms with Gasteiger partial charge in [0.1, 0.15) is 0 Å². The highest BCUT2D eigenvalue weighted by Gasteiger charge is 2.10. The standard InChI is InChI=1S/C18H25N3O2/c22-17(9-8-15-5-2-1-3-6-15)20-12-10-18(23)21-14-16-7-4-11-19-13-16/h4,7-9,11,13,15H,1-3,5-6,10,12,14H2,(H,20,22)(H,21,23). The number of rotatable bonds is 7. The van der Waals surface area contributed by atoms with Crippen molar-refractivity contribution in [2.24, 2.45) is 5.92 Å². The van der Waals surface area contributed by atoms with Crippen LogP contribution in [-0.2, 0) is 16.1 Å². The van der Waals surface area contributed by atoms with Crippen molar-refractivity contribution < 1.29 is 9.59 Å². The minimum Gasteiger partial charge on any atom is -0.352 e. The van der Waals surface area contributed by atoms with Crippen LogP contribution >= 0.6 is 0 Å². The zero-order chi connectivity index (χ0) is 16.3. The fraction of sp³-hybridized carbons (Fsp3) is 0.500. The van der Waals surface area contributed by atoms with Crippen molar-refractivity contribution in [2.75, 3.05) is 6.54 Å². The number of hydrogen-bond acceptors (Lipinski definition) is 3. The number of hydrogen-bond donors (Lipinski definition) is 2. The molecule has 1 aromatic heterocycles. The highest BCUT2D eigenvalue weighted by molar-refractivity contribution is 5.87. The van der Waals surface area contributed by atoms with Gasteiger partial charge in [-0.1, -0.05) is 31.4 Å². The third kappa shape index (κ3) is 7.08. The fourth-order valence-electron chi connectivity index (χ4n) is 2.70. The summed E-state index contributed by atoms with van der Waals surface area (Å²) < 4.78 is 0. The van der Waals surface area contributed by atoms with Crippen molar-refractivity contribution in [3.63, 3.8) is 0 Å². The maximum absolute atomic E-state index is 11.7. The minimum atomic E-state index is -0.115. The van der Waals surface area contributed by atoms with Gasteiger partial charge < -0.3 is 10.6 Å². The molecule has 1 fully saturated rings. The Bertz CT molecular complexity index is 522. The van der Waals surface area contributed by atoms with E-state index >= 15 is 0 Å². The Labute approximate surface area is 137 Å². The SMILES string of the molecule is O=C(C=CC1CCCCC1)NCCC(=O)NCc1cccnc1. The Balaban J connectivity index is 1.57. The van der Waals surface area contributed by atoms with Crippen LogP contribution in [0.4, 0.5) is 0 Å². The molecule has 0 aliphatic heterocycles. The molecule has 0 bridgehead atoms. The van der Waals surface area contributed by atoms with Gasteiger partial charge in [0.15, 0.2) is 0 Å². The fourth-order valence-corrected chi connectivity index (χ4v) is 2.70. The second kappa shape index (κ2) is 9.77. The van der Waals surface area contributed by atoms with Crippen LogP contribution in [0.25, 0.3) is 0 Å². The molecule has 1 aromatic rings. The summed E-state index contributed by atoms with van der Waals surface area (Å²) in [6.07, 6.45) is 13.5. The van der Waals surface area contributed by atoms with Gasteiger partial charge in [-0.2, -0.15) is 0 Å². The first-order chi connectivity index (χ1) is 11.2. The largest absolute Gasteiger partial charge is 0.352 e. The Morgan fingerprint density at radius 1 is 1.22 bits per heavy atom. The first-order valence-electron chi connectivity index (χ1n) is 8.35. The predicted octanol–water partition coefficient (Wildman–Crippen LogP) is 2.34. The number of carbonyl (C=O) groups is 2. The van der Waals surface area contributed by atoms with Gasteiger partial charge in [-0.3, -0.25) is 14.6 Å². The zero-order valence-electron chi connectivity index (χ0n) is 13.5. The third-order valence-electron chi connectivity index (χ3n) is 4.03.